The van der Waals surface area contributed by atoms with Crippen LogP contribution in [0.25, 0.3) is 11.4 Å². The molecule has 0 aliphatic carbocycles. The quantitative estimate of drug-likeness (QED) is 0.500. The lowest BCUT2D eigenvalue weighted by Crippen LogP contribution is -2.04. The van der Waals surface area contributed by atoms with E-state index in [1.165, 1.54) is 12.1 Å². The number of phenols is 2. The van der Waals surface area contributed by atoms with Crippen molar-refractivity contribution < 1.29 is 10.2 Å². The van der Waals surface area contributed by atoms with E-state index in [-0.39, 0.29) is 34.8 Å². The zero-order chi connectivity index (χ0) is 11.7. The molecule has 7 nitrogen and oxygen atoms in total. The zero-order valence-electron chi connectivity index (χ0n) is 8.12. The van der Waals surface area contributed by atoms with Crippen molar-refractivity contribution >= 4 is 11.9 Å². The first-order valence-electron chi connectivity index (χ1n) is 4.36. The minimum Gasteiger partial charge on any atom is -0.504 e. The summed E-state index contributed by atoms with van der Waals surface area (Å²) in [5.74, 6) is -0.587. The molecule has 1 aromatic heterocycles. The third kappa shape index (κ3) is 1.65. The highest BCUT2D eigenvalue weighted by Gasteiger charge is 2.12. The SMILES string of the molecule is Nc1nc(N)nc(-c2cccc(O)c2O)n1. The first-order chi connectivity index (χ1) is 7.58. The maximum absolute atomic E-state index is 9.60. The van der Waals surface area contributed by atoms with Crippen LogP contribution in [0.2, 0.25) is 0 Å². The van der Waals surface area contributed by atoms with Gasteiger partial charge >= 0.3 is 0 Å². The summed E-state index contributed by atoms with van der Waals surface area (Å²) < 4.78 is 0. The van der Waals surface area contributed by atoms with Crippen molar-refractivity contribution in [1.29, 1.82) is 0 Å². The number of rotatable bonds is 1. The van der Waals surface area contributed by atoms with Gasteiger partial charge in [-0.15, -0.1) is 0 Å². The Balaban J connectivity index is 2.63. The lowest BCUT2D eigenvalue weighted by atomic mass is 10.2. The summed E-state index contributed by atoms with van der Waals surface area (Å²) in [5.41, 5.74) is 11.0. The number of phenolic OH excluding ortho intramolecular Hbond substituents is 2. The summed E-state index contributed by atoms with van der Waals surface area (Å²) in [6.45, 7) is 0. The number of nitrogen functional groups attached to an aromatic ring is 2. The van der Waals surface area contributed by atoms with Gasteiger partial charge in [-0.05, 0) is 12.1 Å². The van der Waals surface area contributed by atoms with Gasteiger partial charge in [-0.3, -0.25) is 0 Å². The van der Waals surface area contributed by atoms with E-state index in [2.05, 4.69) is 15.0 Å². The molecule has 0 bridgehead atoms. The molecule has 0 aliphatic heterocycles. The summed E-state index contributed by atoms with van der Waals surface area (Å²) in [6, 6.07) is 4.41. The second kappa shape index (κ2) is 3.54. The van der Waals surface area contributed by atoms with E-state index in [0.717, 1.165) is 0 Å². The molecular formula is C9H9N5O2. The Morgan fingerprint density at radius 2 is 1.56 bits per heavy atom. The minimum absolute atomic E-state index is 0.0507. The van der Waals surface area contributed by atoms with E-state index in [1.807, 2.05) is 0 Å². The molecule has 0 fully saturated rings. The number of nitrogens with two attached hydrogens (primary N) is 2. The van der Waals surface area contributed by atoms with Gasteiger partial charge < -0.3 is 21.7 Å². The topological polar surface area (TPSA) is 131 Å². The van der Waals surface area contributed by atoms with Crippen molar-refractivity contribution in [3.63, 3.8) is 0 Å². The number of aromatic nitrogens is 3. The van der Waals surface area contributed by atoms with Crippen molar-refractivity contribution in [2.24, 2.45) is 0 Å². The maximum atomic E-state index is 9.60. The Labute approximate surface area is 90.4 Å². The molecule has 82 valence electrons. The molecular weight excluding hydrogens is 210 g/mol. The Hall–Kier alpha value is -2.57. The van der Waals surface area contributed by atoms with Gasteiger partial charge in [0.25, 0.3) is 0 Å². The minimum atomic E-state index is -0.326. The van der Waals surface area contributed by atoms with Gasteiger partial charge in [0.05, 0.1) is 5.56 Å². The Bertz CT molecular complexity index is 523. The first-order valence-corrected chi connectivity index (χ1v) is 4.36. The predicted octanol–water partition coefficient (Wildman–Crippen LogP) is 0.114. The third-order valence-electron chi connectivity index (χ3n) is 1.93. The van der Waals surface area contributed by atoms with Crippen molar-refractivity contribution in [1.82, 2.24) is 15.0 Å². The number of hydrogen-bond acceptors (Lipinski definition) is 7. The van der Waals surface area contributed by atoms with Gasteiger partial charge in [0.15, 0.2) is 17.3 Å². The van der Waals surface area contributed by atoms with Gasteiger partial charge in [0, 0.05) is 0 Å². The van der Waals surface area contributed by atoms with Crippen molar-refractivity contribution in [2.45, 2.75) is 0 Å². The second-order valence-corrected chi connectivity index (χ2v) is 3.05. The number of nitrogens with zero attached hydrogens (tertiary/aromatic N) is 3. The van der Waals surface area contributed by atoms with Crippen molar-refractivity contribution in [2.75, 3.05) is 11.5 Å². The van der Waals surface area contributed by atoms with E-state index >= 15 is 0 Å². The summed E-state index contributed by atoms with van der Waals surface area (Å²) in [7, 11) is 0. The monoisotopic (exact) mass is 219 g/mol. The molecule has 0 unspecified atom stereocenters. The highest BCUT2D eigenvalue weighted by Crippen LogP contribution is 2.34. The maximum Gasteiger partial charge on any atom is 0.225 e. The van der Waals surface area contributed by atoms with Crippen LogP contribution >= 0.6 is 0 Å². The summed E-state index contributed by atoms with van der Waals surface area (Å²) in [5, 5.41) is 18.9. The molecule has 0 spiro atoms. The van der Waals surface area contributed by atoms with Crippen LogP contribution in [-0.2, 0) is 0 Å². The smallest absolute Gasteiger partial charge is 0.225 e. The van der Waals surface area contributed by atoms with Crippen LogP contribution in [0, 0.1) is 0 Å². The molecule has 1 aromatic carbocycles. The number of anilines is 2. The number of hydrogen-bond donors (Lipinski definition) is 4. The van der Waals surface area contributed by atoms with Crippen LogP contribution in [-0.4, -0.2) is 25.2 Å². The average Bonchev–Trinajstić information content (AvgIpc) is 2.20. The Kier molecular flexibility index (Phi) is 2.20. The molecule has 7 heteroatoms. The van der Waals surface area contributed by atoms with Crippen molar-refractivity contribution in [3.05, 3.63) is 18.2 Å². The lowest BCUT2D eigenvalue weighted by Gasteiger charge is -2.05. The zero-order valence-corrected chi connectivity index (χ0v) is 8.12. The standard InChI is InChI=1S/C9H9N5O2/c10-8-12-7(13-9(11)14-8)4-2-1-3-5(15)6(4)16/h1-3,15-16H,(H4,10,11,12,13,14). The lowest BCUT2D eigenvalue weighted by molar-refractivity contribution is 0.405. The van der Waals surface area contributed by atoms with Gasteiger partial charge in [0.2, 0.25) is 11.9 Å². The fourth-order valence-electron chi connectivity index (χ4n) is 1.24. The molecule has 2 rings (SSSR count). The number of para-hydroxylation sites is 1. The van der Waals surface area contributed by atoms with Crippen LogP contribution in [0.5, 0.6) is 11.5 Å². The van der Waals surface area contributed by atoms with E-state index in [1.54, 1.807) is 6.07 Å². The van der Waals surface area contributed by atoms with Crippen LogP contribution < -0.4 is 11.5 Å². The molecule has 2 aromatic rings. The average molecular weight is 219 g/mol. The fourth-order valence-corrected chi connectivity index (χ4v) is 1.24. The Morgan fingerprint density at radius 1 is 0.938 bits per heavy atom. The number of aromatic hydroxyl groups is 2. The molecule has 0 atom stereocenters. The van der Waals surface area contributed by atoms with Gasteiger partial charge in [-0.25, -0.2) is 0 Å². The van der Waals surface area contributed by atoms with E-state index < -0.39 is 0 Å². The van der Waals surface area contributed by atoms with Gasteiger partial charge in [0.1, 0.15) is 0 Å². The Morgan fingerprint density at radius 3 is 2.19 bits per heavy atom. The summed E-state index contributed by atoms with van der Waals surface area (Å²) in [4.78, 5) is 11.2. The molecule has 1 heterocycles. The molecule has 0 saturated carbocycles. The molecule has 0 radical (unpaired) electrons. The molecule has 6 N–H and O–H groups in total. The fraction of sp³-hybridized carbons (Fsp3) is 0. The summed E-state index contributed by atoms with van der Waals surface area (Å²) in [6.07, 6.45) is 0. The van der Waals surface area contributed by atoms with Crippen molar-refractivity contribution in [3.8, 4) is 22.9 Å². The normalized spacial score (nSPS) is 10.2. The van der Waals surface area contributed by atoms with Crippen LogP contribution in [0.1, 0.15) is 0 Å². The van der Waals surface area contributed by atoms with Crippen LogP contribution in [0.3, 0.4) is 0 Å². The molecule has 0 amide bonds. The summed E-state index contributed by atoms with van der Waals surface area (Å²) >= 11 is 0. The highest BCUT2D eigenvalue weighted by atomic mass is 16.3. The molecule has 16 heavy (non-hydrogen) atoms. The second-order valence-electron chi connectivity index (χ2n) is 3.05. The first kappa shape index (κ1) is 9.97. The van der Waals surface area contributed by atoms with E-state index in [4.69, 9.17) is 11.5 Å². The molecule has 0 aliphatic rings. The largest absolute Gasteiger partial charge is 0.504 e. The molecule has 0 saturated heterocycles. The van der Waals surface area contributed by atoms with Gasteiger partial charge in [-0.1, -0.05) is 6.07 Å². The predicted molar refractivity (Wildman–Crippen MR) is 57.4 cm³/mol. The van der Waals surface area contributed by atoms with Gasteiger partial charge in [-0.2, -0.15) is 15.0 Å². The number of benzene rings is 1. The highest BCUT2D eigenvalue weighted by molar-refractivity contribution is 5.68. The van der Waals surface area contributed by atoms with Crippen LogP contribution in [0.15, 0.2) is 18.2 Å². The van der Waals surface area contributed by atoms with Crippen LogP contribution in [0.4, 0.5) is 11.9 Å². The third-order valence-corrected chi connectivity index (χ3v) is 1.93. The van der Waals surface area contributed by atoms with E-state index in [0.29, 0.717) is 0 Å². The van der Waals surface area contributed by atoms with E-state index in [9.17, 15) is 10.2 Å².